The smallest absolute Gasteiger partial charge is 0.256 e. The van der Waals surface area contributed by atoms with Crippen molar-refractivity contribution in [1.29, 1.82) is 0 Å². The van der Waals surface area contributed by atoms with Crippen LogP contribution in [0.25, 0.3) is 11.0 Å². The predicted molar refractivity (Wildman–Crippen MR) is 162 cm³/mol. The molecule has 1 aliphatic rings. The summed E-state index contributed by atoms with van der Waals surface area (Å²) in [6.07, 6.45) is 2.57. The Morgan fingerprint density at radius 2 is 1.90 bits per heavy atom. The van der Waals surface area contributed by atoms with E-state index in [9.17, 15) is 14.0 Å². The first-order valence-electron chi connectivity index (χ1n) is 13.7. The number of nitrogens with zero attached hydrogens (tertiary/aromatic N) is 5. The number of nitrogens with one attached hydrogen (secondary N) is 3. The summed E-state index contributed by atoms with van der Waals surface area (Å²) < 4.78 is 22.4. The van der Waals surface area contributed by atoms with Crippen molar-refractivity contribution in [3.63, 3.8) is 0 Å². The Labute approximate surface area is 243 Å². The van der Waals surface area contributed by atoms with Gasteiger partial charge in [-0.1, -0.05) is 6.07 Å². The Morgan fingerprint density at radius 1 is 1.12 bits per heavy atom. The second-order valence-electron chi connectivity index (χ2n) is 10.8. The number of hydrogen-bond donors (Lipinski definition) is 3. The number of carbonyl (C=O) groups excluding carboxylic acids is 2. The van der Waals surface area contributed by atoms with E-state index in [0.29, 0.717) is 41.4 Å². The Hall–Kier alpha value is -4.71. The maximum absolute atomic E-state index is 14.9. The molecule has 3 heterocycles. The van der Waals surface area contributed by atoms with Gasteiger partial charge in [0.2, 0.25) is 11.9 Å². The highest BCUT2D eigenvalue weighted by Gasteiger charge is 2.27. The molecule has 0 aliphatic carbocycles. The van der Waals surface area contributed by atoms with Crippen LogP contribution in [0.3, 0.4) is 0 Å². The van der Waals surface area contributed by atoms with Gasteiger partial charge < -0.3 is 35.1 Å². The summed E-state index contributed by atoms with van der Waals surface area (Å²) in [7, 11) is 7.17. The topological polar surface area (TPSA) is 117 Å². The standard InChI is InChI=1S/C30H35FN8O3/c1-17(2)32-29(41)26-20(31)8-7-9-21(26)33-27-19-11-12-38(5)28(19)36-30(35-27)34-22-15-23-18(14-24(22)42-6)10-13-39(23)25(40)16-37(3)4/h7-9,11-12,14-15,17H,10,13,16H2,1-6H3,(H,32,41)(H2,33,34,35,36). The van der Waals surface area contributed by atoms with Crippen LogP contribution in [0.2, 0.25) is 0 Å². The second-order valence-corrected chi connectivity index (χ2v) is 10.8. The van der Waals surface area contributed by atoms with Crippen molar-refractivity contribution < 1.29 is 18.7 Å². The molecule has 0 saturated carbocycles. The van der Waals surface area contributed by atoms with Crippen molar-refractivity contribution in [3.05, 3.63) is 59.5 Å². The molecule has 0 spiro atoms. The number of rotatable bonds is 9. The summed E-state index contributed by atoms with van der Waals surface area (Å²) in [5, 5.41) is 9.87. The molecule has 11 nitrogen and oxygen atoms in total. The first-order chi connectivity index (χ1) is 20.0. The molecule has 2 amide bonds. The number of benzene rings is 2. The number of aryl methyl sites for hydroxylation is 1. The Bertz CT molecular complexity index is 1670. The van der Waals surface area contributed by atoms with Crippen LogP contribution in [0.15, 0.2) is 42.6 Å². The quantitative estimate of drug-likeness (QED) is 0.273. The van der Waals surface area contributed by atoms with Gasteiger partial charge in [-0.2, -0.15) is 9.97 Å². The Kier molecular flexibility index (Phi) is 7.99. The average Bonchev–Trinajstić information content (AvgIpc) is 3.50. The Morgan fingerprint density at radius 3 is 2.62 bits per heavy atom. The molecule has 1 aliphatic heterocycles. The number of hydrogen-bond acceptors (Lipinski definition) is 8. The van der Waals surface area contributed by atoms with Crippen LogP contribution < -0.4 is 25.6 Å². The minimum Gasteiger partial charge on any atom is -0.495 e. The van der Waals surface area contributed by atoms with Gasteiger partial charge in [-0.3, -0.25) is 9.59 Å². The van der Waals surface area contributed by atoms with Crippen LogP contribution in [0.1, 0.15) is 29.8 Å². The number of ether oxygens (including phenoxy) is 1. The number of anilines is 5. The molecule has 5 rings (SSSR count). The second kappa shape index (κ2) is 11.6. The summed E-state index contributed by atoms with van der Waals surface area (Å²) in [6, 6.07) is 9.89. The number of aromatic nitrogens is 3. The molecule has 0 saturated heterocycles. The molecule has 2 aromatic carbocycles. The first kappa shape index (κ1) is 28.8. The van der Waals surface area contributed by atoms with E-state index < -0.39 is 11.7 Å². The maximum atomic E-state index is 14.9. The van der Waals surface area contributed by atoms with E-state index in [1.54, 1.807) is 18.1 Å². The van der Waals surface area contributed by atoms with Crippen molar-refractivity contribution in [1.82, 2.24) is 24.8 Å². The molecular formula is C30H35FN8O3. The highest BCUT2D eigenvalue weighted by Crippen LogP contribution is 2.39. The average molecular weight is 575 g/mol. The van der Waals surface area contributed by atoms with Gasteiger partial charge in [0.1, 0.15) is 23.0 Å². The lowest BCUT2D eigenvalue weighted by Gasteiger charge is -2.21. The van der Waals surface area contributed by atoms with E-state index in [-0.39, 0.29) is 29.1 Å². The molecule has 2 aromatic heterocycles. The number of fused-ring (bicyclic) bond motifs is 2. The van der Waals surface area contributed by atoms with Gasteiger partial charge in [0.05, 0.1) is 36.0 Å². The summed E-state index contributed by atoms with van der Waals surface area (Å²) in [5.74, 6) is 0.0485. The third kappa shape index (κ3) is 5.70. The van der Waals surface area contributed by atoms with Crippen LogP contribution in [-0.4, -0.2) is 71.6 Å². The number of methoxy groups -OCH3 is 1. The third-order valence-electron chi connectivity index (χ3n) is 6.93. The zero-order valence-corrected chi connectivity index (χ0v) is 24.6. The summed E-state index contributed by atoms with van der Waals surface area (Å²) >= 11 is 0. The number of amides is 2. The normalized spacial score (nSPS) is 12.6. The van der Waals surface area contributed by atoms with Crippen molar-refractivity contribution in [2.24, 2.45) is 7.05 Å². The zero-order chi connectivity index (χ0) is 30.1. The van der Waals surface area contributed by atoms with Gasteiger partial charge in [0.15, 0.2) is 0 Å². The van der Waals surface area contributed by atoms with Gasteiger partial charge in [-0.05, 0) is 70.3 Å². The van der Waals surface area contributed by atoms with E-state index in [1.165, 1.54) is 12.1 Å². The van der Waals surface area contributed by atoms with Crippen LogP contribution in [0, 0.1) is 5.82 Å². The predicted octanol–water partition coefficient (Wildman–Crippen LogP) is 4.19. The monoisotopic (exact) mass is 574 g/mol. The van der Waals surface area contributed by atoms with Crippen LogP contribution >= 0.6 is 0 Å². The fourth-order valence-corrected chi connectivity index (χ4v) is 5.03. The SMILES string of the molecule is COc1cc2c(cc1Nc1nc(Nc3cccc(F)c3C(=O)NC(C)C)c3ccn(C)c3n1)N(C(=O)CN(C)C)CC2. The van der Waals surface area contributed by atoms with Gasteiger partial charge in [0.25, 0.3) is 5.91 Å². The minimum absolute atomic E-state index is 0.00948. The molecule has 0 fully saturated rings. The van der Waals surface area contributed by atoms with Crippen LogP contribution in [-0.2, 0) is 18.3 Å². The van der Waals surface area contributed by atoms with E-state index in [4.69, 9.17) is 14.7 Å². The van der Waals surface area contributed by atoms with Crippen molar-refractivity contribution in [2.75, 3.05) is 49.8 Å². The molecule has 4 aromatic rings. The number of halogens is 1. The largest absolute Gasteiger partial charge is 0.495 e. The van der Waals surface area contributed by atoms with Crippen LogP contribution in [0.4, 0.5) is 33.2 Å². The molecular weight excluding hydrogens is 539 g/mol. The van der Waals surface area contributed by atoms with E-state index >= 15 is 0 Å². The van der Waals surface area contributed by atoms with Gasteiger partial charge in [-0.15, -0.1) is 0 Å². The zero-order valence-electron chi connectivity index (χ0n) is 24.6. The molecule has 0 bridgehead atoms. The molecule has 42 heavy (non-hydrogen) atoms. The van der Waals surface area contributed by atoms with Crippen molar-refractivity contribution in [2.45, 2.75) is 26.3 Å². The molecule has 220 valence electrons. The van der Waals surface area contributed by atoms with E-state index in [0.717, 1.165) is 17.7 Å². The molecule has 3 N–H and O–H groups in total. The maximum Gasteiger partial charge on any atom is 0.256 e. The summed E-state index contributed by atoms with van der Waals surface area (Å²) in [5.41, 5.74) is 3.19. The van der Waals surface area contributed by atoms with Crippen molar-refractivity contribution >= 4 is 51.7 Å². The van der Waals surface area contributed by atoms with Gasteiger partial charge in [-0.25, -0.2) is 4.39 Å². The minimum atomic E-state index is -0.647. The highest BCUT2D eigenvalue weighted by atomic mass is 19.1. The fourth-order valence-electron chi connectivity index (χ4n) is 5.03. The van der Waals surface area contributed by atoms with Gasteiger partial charge in [0, 0.05) is 31.5 Å². The van der Waals surface area contributed by atoms with Crippen LogP contribution in [0.5, 0.6) is 5.75 Å². The third-order valence-corrected chi connectivity index (χ3v) is 6.93. The summed E-state index contributed by atoms with van der Waals surface area (Å²) in [6.45, 7) is 4.52. The van der Waals surface area contributed by atoms with Gasteiger partial charge >= 0.3 is 0 Å². The fraction of sp³-hybridized carbons (Fsp3) is 0.333. The van der Waals surface area contributed by atoms with E-state index in [2.05, 4.69) is 16.0 Å². The lowest BCUT2D eigenvalue weighted by atomic mass is 10.1. The molecule has 0 radical (unpaired) electrons. The number of likely N-dealkylation sites (N-methyl/N-ethyl adjacent to an activating group) is 1. The van der Waals surface area contributed by atoms with Crippen molar-refractivity contribution in [3.8, 4) is 5.75 Å². The lowest BCUT2D eigenvalue weighted by Crippen LogP contribution is -2.36. The Balaban J connectivity index is 1.54. The van der Waals surface area contributed by atoms with E-state index in [1.807, 2.05) is 68.9 Å². The number of carbonyl (C=O) groups is 2. The molecule has 12 heteroatoms. The molecule has 0 unspecified atom stereocenters. The molecule has 0 atom stereocenters. The lowest BCUT2D eigenvalue weighted by molar-refractivity contribution is -0.119. The first-order valence-corrected chi connectivity index (χ1v) is 13.7. The summed E-state index contributed by atoms with van der Waals surface area (Å²) in [4.78, 5) is 38.8. The highest BCUT2D eigenvalue weighted by molar-refractivity contribution is 6.02.